The lowest BCUT2D eigenvalue weighted by molar-refractivity contribution is -0.131. The van der Waals surface area contributed by atoms with Gasteiger partial charge in [-0.15, -0.1) is 0 Å². The Morgan fingerprint density at radius 2 is 1.88 bits per heavy atom. The van der Waals surface area contributed by atoms with Crippen LogP contribution < -0.4 is 4.72 Å². The van der Waals surface area contributed by atoms with Gasteiger partial charge in [0.15, 0.2) is 0 Å². The largest absolute Gasteiger partial charge is 0.478 e. The zero-order valence-electron chi connectivity index (χ0n) is 14.9. The molecule has 2 bridgehead atoms. The van der Waals surface area contributed by atoms with Crippen LogP contribution in [0.3, 0.4) is 0 Å². The molecule has 5 nitrogen and oxygen atoms in total. The van der Waals surface area contributed by atoms with Crippen LogP contribution in [-0.2, 0) is 14.8 Å². The molecule has 2 N–H and O–H groups in total. The van der Waals surface area contributed by atoms with Crippen molar-refractivity contribution in [2.75, 3.05) is 0 Å². The summed E-state index contributed by atoms with van der Waals surface area (Å²) in [7, 11) is -3.47. The fourth-order valence-corrected chi connectivity index (χ4v) is 6.06. The van der Waals surface area contributed by atoms with Crippen molar-refractivity contribution in [3.8, 4) is 0 Å². The van der Waals surface area contributed by atoms with Crippen LogP contribution in [0.25, 0.3) is 0 Å². The van der Waals surface area contributed by atoms with Crippen LogP contribution in [0.4, 0.5) is 0 Å². The summed E-state index contributed by atoms with van der Waals surface area (Å²) in [5, 5.41) is 8.60. The van der Waals surface area contributed by atoms with E-state index in [1.807, 2.05) is 6.07 Å². The molecule has 0 heterocycles. The molecule has 26 heavy (non-hydrogen) atoms. The first-order valence-electron chi connectivity index (χ1n) is 9.44. The molecular weight excluding hydrogens is 350 g/mol. The summed E-state index contributed by atoms with van der Waals surface area (Å²) in [4.78, 5) is 10.8. The lowest BCUT2D eigenvalue weighted by Gasteiger charge is -2.31. The molecule has 1 aromatic rings. The number of benzene rings is 1. The lowest BCUT2D eigenvalue weighted by atomic mass is 9.81. The van der Waals surface area contributed by atoms with Crippen LogP contribution in [0.5, 0.6) is 0 Å². The van der Waals surface area contributed by atoms with Crippen molar-refractivity contribution < 1.29 is 18.3 Å². The summed E-state index contributed by atoms with van der Waals surface area (Å²) in [6.45, 7) is 0. The second-order valence-corrected chi connectivity index (χ2v) is 9.20. The van der Waals surface area contributed by atoms with Crippen molar-refractivity contribution >= 4 is 16.0 Å². The molecule has 1 aromatic carbocycles. The Bertz CT molecular complexity index is 744. The number of nitrogens with one attached hydrogen (secondary N) is 1. The van der Waals surface area contributed by atoms with Gasteiger partial charge in [-0.1, -0.05) is 30.7 Å². The summed E-state index contributed by atoms with van der Waals surface area (Å²) in [5.41, 5.74) is 0. The van der Waals surface area contributed by atoms with Gasteiger partial charge in [-0.3, -0.25) is 0 Å². The predicted molar refractivity (Wildman–Crippen MR) is 100 cm³/mol. The van der Waals surface area contributed by atoms with E-state index in [9.17, 15) is 13.2 Å². The van der Waals surface area contributed by atoms with Crippen LogP contribution in [0, 0.1) is 17.8 Å². The quantitative estimate of drug-likeness (QED) is 0.509. The van der Waals surface area contributed by atoms with Gasteiger partial charge in [0, 0.05) is 12.1 Å². The van der Waals surface area contributed by atoms with Crippen LogP contribution in [0.15, 0.2) is 47.4 Å². The molecular formula is C20H27NO4S. The molecule has 0 amide bonds. The van der Waals surface area contributed by atoms with Gasteiger partial charge in [0.1, 0.15) is 0 Å². The minimum Gasteiger partial charge on any atom is -0.478 e. The molecule has 4 unspecified atom stereocenters. The van der Waals surface area contributed by atoms with Crippen molar-refractivity contribution in [2.24, 2.45) is 17.8 Å². The Hall–Kier alpha value is -1.66. The number of carboxylic acid groups (broad SMARTS) is 1. The highest BCUT2D eigenvalue weighted by Gasteiger charge is 2.48. The summed E-state index contributed by atoms with van der Waals surface area (Å²) in [5.74, 6) is 0.567. The molecule has 2 saturated carbocycles. The topological polar surface area (TPSA) is 83.5 Å². The number of fused-ring (bicyclic) bond motifs is 2. The third kappa shape index (κ3) is 4.54. The van der Waals surface area contributed by atoms with Gasteiger partial charge < -0.3 is 5.11 Å². The van der Waals surface area contributed by atoms with Gasteiger partial charge in [-0.05, 0) is 68.4 Å². The van der Waals surface area contributed by atoms with Gasteiger partial charge in [0.2, 0.25) is 10.0 Å². The van der Waals surface area contributed by atoms with E-state index in [1.165, 1.54) is 12.5 Å². The molecule has 2 aliphatic rings. The van der Waals surface area contributed by atoms with Crippen LogP contribution in [-0.4, -0.2) is 25.5 Å². The molecule has 142 valence electrons. The molecule has 2 fully saturated rings. The van der Waals surface area contributed by atoms with Gasteiger partial charge in [-0.2, -0.15) is 0 Å². The Morgan fingerprint density at radius 3 is 2.62 bits per heavy atom. The molecule has 4 atom stereocenters. The number of rotatable bonds is 9. The van der Waals surface area contributed by atoms with E-state index in [4.69, 9.17) is 5.11 Å². The first-order valence-corrected chi connectivity index (χ1v) is 10.9. The highest BCUT2D eigenvalue weighted by Crippen LogP contribution is 2.50. The molecule has 6 heteroatoms. The number of carbonyl (C=O) groups is 1. The second-order valence-electron chi connectivity index (χ2n) is 7.48. The van der Waals surface area contributed by atoms with E-state index in [1.54, 1.807) is 30.3 Å². The van der Waals surface area contributed by atoms with Crippen molar-refractivity contribution in [3.63, 3.8) is 0 Å². The Kier molecular flexibility index (Phi) is 6.14. The van der Waals surface area contributed by atoms with Gasteiger partial charge in [-0.25, -0.2) is 17.9 Å². The van der Waals surface area contributed by atoms with Crippen molar-refractivity contribution in [3.05, 3.63) is 42.5 Å². The highest BCUT2D eigenvalue weighted by atomic mass is 32.2. The van der Waals surface area contributed by atoms with E-state index >= 15 is 0 Å². The number of sulfonamides is 1. The highest BCUT2D eigenvalue weighted by molar-refractivity contribution is 7.89. The van der Waals surface area contributed by atoms with E-state index in [2.05, 4.69) is 4.72 Å². The maximum Gasteiger partial charge on any atom is 0.327 e. The van der Waals surface area contributed by atoms with E-state index < -0.39 is 16.0 Å². The number of aliphatic carboxylic acids is 1. The van der Waals surface area contributed by atoms with E-state index in [-0.39, 0.29) is 6.04 Å². The van der Waals surface area contributed by atoms with E-state index in [0.717, 1.165) is 38.5 Å². The van der Waals surface area contributed by atoms with Crippen molar-refractivity contribution in [1.29, 1.82) is 0 Å². The first kappa shape index (κ1) is 19.1. The normalized spacial score (nSPS) is 28.0. The maximum absolute atomic E-state index is 12.7. The Labute approximate surface area is 155 Å². The Morgan fingerprint density at radius 1 is 1.15 bits per heavy atom. The standard InChI is InChI=1S/C20H27NO4S/c22-19(23)11-7-2-1-6-10-18-15-12-13-16(14-15)20(18)21-26(24,25)17-8-4-3-5-9-17/h3-5,7-9,11,15-16,18,20-21H,1-2,6,10,12-14H2,(H,22,23)/b11-7+. The van der Waals surface area contributed by atoms with Gasteiger partial charge in [0.05, 0.1) is 4.90 Å². The maximum atomic E-state index is 12.7. The zero-order valence-corrected chi connectivity index (χ0v) is 15.7. The van der Waals surface area contributed by atoms with Crippen molar-refractivity contribution in [1.82, 2.24) is 4.72 Å². The summed E-state index contributed by atoms with van der Waals surface area (Å²) in [6.07, 6.45) is 10.0. The van der Waals surface area contributed by atoms with Gasteiger partial charge in [0.25, 0.3) is 0 Å². The number of allylic oxidation sites excluding steroid dienone is 1. The lowest BCUT2D eigenvalue weighted by Crippen LogP contribution is -2.43. The minimum absolute atomic E-state index is 0.0357. The SMILES string of the molecule is O=C(O)/C=C/CCCCC1C2CCC(C2)C1NS(=O)(=O)c1ccccc1. The smallest absolute Gasteiger partial charge is 0.327 e. The number of unbranched alkanes of at least 4 members (excludes halogenated alkanes) is 2. The minimum atomic E-state index is -3.47. The molecule has 0 aliphatic heterocycles. The summed E-state index contributed by atoms with van der Waals surface area (Å²) >= 11 is 0. The second kappa shape index (κ2) is 8.35. The van der Waals surface area contributed by atoms with Crippen molar-refractivity contribution in [2.45, 2.75) is 55.9 Å². The monoisotopic (exact) mass is 377 g/mol. The first-order chi connectivity index (χ1) is 12.5. The van der Waals surface area contributed by atoms with Crippen LogP contribution in [0.1, 0.15) is 44.9 Å². The Balaban J connectivity index is 1.58. The fourth-order valence-electron chi connectivity index (χ4n) is 4.68. The number of carboxylic acids is 1. The molecule has 3 rings (SSSR count). The molecule has 0 aromatic heterocycles. The van der Waals surface area contributed by atoms with Gasteiger partial charge >= 0.3 is 5.97 Å². The number of hydrogen-bond donors (Lipinski definition) is 2. The summed E-state index contributed by atoms with van der Waals surface area (Å²) in [6, 6.07) is 8.62. The molecule has 2 aliphatic carbocycles. The average Bonchev–Trinajstić information content (AvgIpc) is 3.20. The third-order valence-corrected chi connectivity index (χ3v) is 7.33. The van der Waals surface area contributed by atoms with Crippen LogP contribution >= 0.6 is 0 Å². The fraction of sp³-hybridized carbons (Fsp3) is 0.550. The molecule has 0 saturated heterocycles. The third-order valence-electron chi connectivity index (χ3n) is 5.85. The van der Waals surface area contributed by atoms with Crippen LogP contribution in [0.2, 0.25) is 0 Å². The number of hydrogen-bond acceptors (Lipinski definition) is 3. The van der Waals surface area contributed by atoms with E-state index in [0.29, 0.717) is 22.6 Å². The molecule has 0 spiro atoms. The molecule has 0 radical (unpaired) electrons. The average molecular weight is 378 g/mol. The predicted octanol–water partition coefficient (Wildman–Crippen LogP) is 3.58. The zero-order chi connectivity index (χ0) is 18.6. The summed E-state index contributed by atoms with van der Waals surface area (Å²) < 4.78 is 28.4.